The van der Waals surface area contributed by atoms with Gasteiger partial charge in [-0.1, -0.05) is 0 Å². The summed E-state index contributed by atoms with van der Waals surface area (Å²) in [7, 11) is 1.25. The van der Waals surface area contributed by atoms with Crippen molar-refractivity contribution in [3.05, 3.63) is 0 Å². The van der Waals surface area contributed by atoms with E-state index in [1.54, 1.807) is 0 Å². The van der Waals surface area contributed by atoms with Crippen LogP contribution in [0.5, 0.6) is 0 Å². The van der Waals surface area contributed by atoms with Crippen LogP contribution in [0.3, 0.4) is 0 Å². The molecule has 0 bridgehead atoms. The summed E-state index contributed by atoms with van der Waals surface area (Å²) in [4.78, 5) is 11.7. The van der Waals surface area contributed by atoms with Gasteiger partial charge in [0.1, 0.15) is 0 Å². The van der Waals surface area contributed by atoms with Crippen molar-refractivity contribution >= 4 is 5.91 Å². The summed E-state index contributed by atoms with van der Waals surface area (Å²) >= 11 is 0. The van der Waals surface area contributed by atoms with Crippen LogP contribution < -0.4 is 5.32 Å². The van der Waals surface area contributed by atoms with Gasteiger partial charge in [-0.25, -0.2) is 4.39 Å². The predicted molar refractivity (Wildman–Crippen MR) is 40.4 cm³/mol. The highest BCUT2D eigenvalue weighted by Crippen LogP contribution is 2.28. The first-order chi connectivity index (χ1) is 6.27. The lowest BCUT2D eigenvalue weighted by molar-refractivity contribution is -0.178. The smallest absolute Gasteiger partial charge is 0.356 e. The van der Waals surface area contributed by atoms with Crippen LogP contribution in [-0.2, 0) is 4.79 Å². The van der Waals surface area contributed by atoms with Crippen molar-refractivity contribution < 1.29 is 22.4 Å². The molecule has 0 aromatic rings. The molecule has 0 radical (unpaired) electrons. The third kappa shape index (κ3) is 2.34. The number of nitrogens with one attached hydrogen (secondary N) is 1. The zero-order chi connectivity index (χ0) is 11.0. The van der Waals surface area contributed by atoms with Gasteiger partial charge in [-0.2, -0.15) is 13.2 Å². The molecule has 7 heteroatoms. The molecule has 0 unspecified atom stereocenters. The van der Waals surface area contributed by atoms with E-state index in [2.05, 4.69) is 5.32 Å². The Kier molecular flexibility index (Phi) is 2.71. The van der Waals surface area contributed by atoms with Crippen LogP contribution in [-0.4, -0.2) is 49.3 Å². The molecule has 1 saturated heterocycles. The predicted octanol–water partition coefficient (Wildman–Crippen LogP) is 0.319. The van der Waals surface area contributed by atoms with Gasteiger partial charge in [0.25, 0.3) is 5.91 Å². The van der Waals surface area contributed by atoms with Gasteiger partial charge in [0, 0.05) is 20.1 Å². The number of hydrogen-bond acceptors (Lipinski definition) is 2. The molecule has 0 saturated carbocycles. The van der Waals surface area contributed by atoms with Crippen LogP contribution in [0.1, 0.15) is 0 Å². The summed E-state index contributed by atoms with van der Waals surface area (Å²) in [5.41, 5.74) is -2.15. The molecule has 1 N–H and O–H groups in total. The Morgan fingerprint density at radius 1 is 1.50 bits per heavy atom. The standard InChI is InChI=1S/C7H10F4N2O/c1-12-5(14)6(8)2-13(3-6)4-7(9,10)11/h2-4H2,1H3,(H,12,14). The van der Waals surface area contributed by atoms with Crippen LogP contribution in [0.25, 0.3) is 0 Å². The molecule has 1 rings (SSSR count). The zero-order valence-electron chi connectivity index (χ0n) is 7.49. The fourth-order valence-electron chi connectivity index (χ4n) is 1.40. The van der Waals surface area contributed by atoms with Crippen LogP contribution in [0.4, 0.5) is 17.6 Å². The molecule has 3 nitrogen and oxygen atoms in total. The van der Waals surface area contributed by atoms with E-state index in [1.165, 1.54) is 7.05 Å². The normalized spacial score (nSPS) is 21.5. The second-order valence-electron chi connectivity index (χ2n) is 3.30. The summed E-state index contributed by atoms with van der Waals surface area (Å²) in [6.07, 6.45) is -4.34. The fraction of sp³-hybridized carbons (Fsp3) is 0.857. The maximum absolute atomic E-state index is 13.3. The highest BCUT2D eigenvalue weighted by atomic mass is 19.4. The lowest BCUT2D eigenvalue weighted by atomic mass is 9.95. The lowest BCUT2D eigenvalue weighted by Crippen LogP contribution is -2.66. The number of alkyl halides is 4. The number of likely N-dealkylation sites (tertiary alicyclic amines) is 1. The van der Waals surface area contributed by atoms with E-state index in [9.17, 15) is 22.4 Å². The Balaban J connectivity index is 2.39. The molecule has 82 valence electrons. The van der Waals surface area contributed by atoms with Crippen LogP contribution >= 0.6 is 0 Å². The van der Waals surface area contributed by atoms with E-state index < -0.39 is 37.4 Å². The van der Waals surface area contributed by atoms with Gasteiger partial charge < -0.3 is 5.32 Å². The Hall–Kier alpha value is -0.850. The summed E-state index contributed by atoms with van der Waals surface area (Å²) < 4.78 is 48.7. The summed E-state index contributed by atoms with van der Waals surface area (Å²) in [6.45, 7) is -2.16. The molecular weight excluding hydrogens is 204 g/mol. The second-order valence-corrected chi connectivity index (χ2v) is 3.30. The average molecular weight is 214 g/mol. The number of nitrogens with zero attached hydrogens (tertiary/aromatic N) is 1. The van der Waals surface area contributed by atoms with Gasteiger partial charge >= 0.3 is 6.18 Å². The molecule has 0 spiro atoms. The van der Waals surface area contributed by atoms with Crippen molar-refractivity contribution in [1.29, 1.82) is 0 Å². The van der Waals surface area contributed by atoms with E-state index in [0.29, 0.717) is 0 Å². The minimum absolute atomic E-state index is 0.494. The monoisotopic (exact) mass is 214 g/mol. The molecule has 0 aliphatic carbocycles. The number of amides is 1. The highest BCUT2D eigenvalue weighted by molar-refractivity contribution is 5.86. The number of carbonyl (C=O) groups is 1. The van der Waals surface area contributed by atoms with Crippen LogP contribution in [0.15, 0.2) is 0 Å². The van der Waals surface area contributed by atoms with E-state index in [1.807, 2.05) is 0 Å². The highest BCUT2D eigenvalue weighted by Gasteiger charge is 2.52. The molecule has 1 amide bonds. The maximum atomic E-state index is 13.3. The molecule has 1 aliphatic heterocycles. The van der Waals surface area contributed by atoms with Gasteiger partial charge in [0.15, 0.2) is 0 Å². The fourth-order valence-corrected chi connectivity index (χ4v) is 1.40. The Bertz CT molecular complexity index is 234. The average Bonchev–Trinajstić information content (AvgIpc) is 1.97. The van der Waals surface area contributed by atoms with E-state index >= 15 is 0 Å². The third-order valence-electron chi connectivity index (χ3n) is 1.99. The van der Waals surface area contributed by atoms with Gasteiger partial charge in [0.05, 0.1) is 6.54 Å². The largest absolute Gasteiger partial charge is 0.401 e. The van der Waals surface area contributed by atoms with Crippen molar-refractivity contribution in [2.24, 2.45) is 0 Å². The maximum Gasteiger partial charge on any atom is 0.401 e. The minimum Gasteiger partial charge on any atom is -0.356 e. The summed E-state index contributed by atoms with van der Waals surface area (Å²) in [5.74, 6) is -0.865. The van der Waals surface area contributed by atoms with Crippen molar-refractivity contribution in [3.63, 3.8) is 0 Å². The van der Waals surface area contributed by atoms with Gasteiger partial charge in [-0.3, -0.25) is 9.69 Å². The Morgan fingerprint density at radius 2 is 2.00 bits per heavy atom. The van der Waals surface area contributed by atoms with E-state index in [0.717, 1.165) is 4.90 Å². The van der Waals surface area contributed by atoms with Crippen molar-refractivity contribution in [2.45, 2.75) is 11.8 Å². The SMILES string of the molecule is CNC(=O)C1(F)CN(CC(F)(F)F)C1. The Morgan fingerprint density at radius 3 is 2.36 bits per heavy atom. The van der Waals surface area contributed by atoms with Crippen LogP contribution in [0, 0.1) is 0 Å². The van der Waals surface area contributed by atoms with Crippen molar-refractivity contribution in [3.8, 4) is 0 Å². The van der Waals surface area contributed by atoms with Crippen LogP contribution in [0.2, 0.25) is 0 Å². The summed E-state index contributed by atoms with van der Waals surface area (Å²) in [5, 5.41) is 2.07. The first-order valence-electron chi connectivity index (χ1n) is 3.97. The quantitative estimate of drug-likeness (QED) is 0.671. The second kappa shape index (κ2) is 3.38. The number of hydrogen-bond donors (Lipinski definition) is 1. The number of halogens is 4. The molecular formula is C7H10F4N2O. The molecule has 0 aromatic heterocycles. The van der Waals surface area contributed by atoms with Gasteiger partial charge in [-0.05, 0) is 0 Å². The van der Waals surface area contributed by atoms with E-state index in [-0.39, 0.29) is 0 Å². The molecule has 1 heterocycles. The van der Waals surface area contributed by atoms with Crippen molar-refractivity contribution in [2.75, 3.05) is 26.7 Å². The van der Waals surface area contributed by atoms with Crippen molar-refractivity contribution in [1.82, 2.24) is 10.2 Å². The molecule has 1 fully saturated rings. The first kappa shape index (κ1) is 11.2. The molecule has 0 atom stereocenters. The molecule has 1 aliphatic rings. The molecule has 14 heavy (non-hydrogen) atoms. The Labute approximate surface area is 78.1 Å². The lowest BCUT2D eigenvalue weighted by Gasteiger charge is -2.42. The topological polar surface area (TPSA) is 32.3 Å². The number of carbonyl (C=O) groups excluding carboxylic acids is 1. The van der Waals surface area contributed by atoms with E-state index in [4.69, 9.17) is 0 Å². The minimum atomic E-state index is -4.34. The first-order valence-corrected chi connectivity index (χ1v) is 3.97. The zero-order valence-corrected chi connectivity index (χ0v) is 7.49. The van der Waals surface area contributed by atoms with Gasteiger partial charge in [0.2, 0.25) is 5.67 Å². The summed E-state index contributed by atoms with van der Waals surface area (Å²) in [6, 6.07) is 0. The third-order valence-corrected chi connectivity index (χ3v) is 1.99. The number of rotatable bonds is 2. The van der Waals surface area contributed by atoms with Gasteiger partial charge in [-0.15, -0.1) is 0 Å². The molecule has 0 aromatic carbocycles.